The summed E-state index contributed by atoms with van der Waals surface area (Å²) in [5, 5.41) is 11.6. The summed E-state index contributed by atoms with van der Waals surface area (Å²) in [4.78, 5) is 27.7. The van der Waals surface area contributed by atoms with E-state index in [1.807, 2.05) is 0 Å². The highest BCUT2D eigenvalue weighted by atomic mass is 35.5. The fourth-order valence-corrected chi connectivity index (χ4v) is 4.19. The van der Waals surface area contributed by atoms with Crippen LogP contribution in [0.1, 0.15) is 22.9 Å². The molecule has 0 aliphatic carbocycles. The number of methoxy groups -OCH3 is 3. The quantitative estimate of drug-likeness (QED) is 0.298. The van der Waals surface area contributed by atoms with Crippen LogP contribution in [0.25, 0.3) is 5.76 Å². The number of halogens is 1. The number of ketones is 1. The third kappa shape index (κ3) is 4.08. The molecule has 1 atom stereocenters. The van der Waals surface area contributed by atoms with Crippen molar-refractivity contribution >= 4 is 29.1 Å². The predicted octanol–water partition coefficient (Wildman–Crippen LogP) is 4.58. The SMILES string of the molecule is COc1cccc(C2/C(=C(\O)c3cc(OC)c(Cl)cc3OC)C(=O)C(=O)N2Cc2ccco2)c1. The first kappa shape index (κ1) is 23.3. The van der Waals surface area contributed by atoms with Gasteiger partial charge >= 0.3 is 0 Å². The van der Waals surface area contributed by atoms with Gasteiger partial charge in [-0.1, -0.05) is 23.7 Å². The first-order valence-corrected chi connectivity index (χ1v) is 10.6. The minimum atomic E-state index is -0.911. The Morgan fingerprint density at radius 2 is 1.79 bits per heavy atom. The summed E-state index contributed by atoms with van der Waals surface area (Å²) in [6, 6.07) is 12.4. The van der Waals surface area contributed by atoms with Gasteiger partial charge in [0.1, 0.15) is 28.8 Å². The maximum Gasteiger partial charge on any atom is 0.296 e. The second kappa shape index (κ2) is 9.52. The lowest BCUT2D eigenvalue weighted by Gasteiger charge is -2.25. The van der Waals surface area contributed by atoms with E-state index in [2.05, 4.69) is 0 Å². The van der Waals surface area contributed by atoms with E-state index < -0.39 is 23.5 Å². The van der Waals surface area contributed by atoms with Gasteiger partial charge in [-0.15, -0.1) is 0 Å². The monoisotopic (exact) mass is 483 g/mol. The van der Waals surface area contributed by atoms with Gasteiger partial charge in [0.05, 0.1) is 56.3 Å². The molecule has 1 aliphatic rings. The van der Waals surface area contributed by atoms with Gasteiger partial charge in [0.2, 0.25) is 0 Å². The molecule has 0 spiro atoms. The van der Waals surface area contributed by atoms with E-state index in [1.165, 1.54) is 44.6 Å². The molecule has 1 aromatic heterocycles. The Balaban J connectivity index is 1.94. The first-order chi connectivity index (χ1) is 16.4. The molecule has 1 saturated heterocycles. The highest BCUT2D eigenvalue weighted by molar-refractivity contribution is 6.46. The van der Waals surface area contributed by atoms with Crippen LogP contribution in [0.2, 0.25) is 5.02 Å². The average Bonchev–Trinajstić information content (AvgIpc) is 3.45. The zero-order valence-corrected chi connectivity index (χ0v) is 19.5. The molecule has 176 valence electrons. The minimum Gasteiger partial charge on any atom is -0.507 e. The van der Waals surface area contributed by atoms with E-state index in [0.717, 1.165) is 0 Å². The van der Waals surface area contributed by atoms with Crippen molar-refractivity contribution in [3.63, 3.8) is 0 Å². The molecule has 9 heteroatoms. The predicted molar refractivity (Wildman–Crippen MR) is 124 cm³/mol. The number of ether oxygens (including phenoxy) is 3. The second-order valence-electron chi connectivity index (χ2n) is 7.47. The number of Topliss-reactive ketones (excluding diaryl/α,β-unsaturated/α-hetero) is 1. The van der Waals surface area contributed by atoms with Gasteiger partial charge in [0.25, 0.3) is 11.7 Å². The molecule has 34 heavy (non-hydrogen) atoms. The highest BCUT2D eigenvalue weighted by Crippen LogP contribution is 2.44. The Morgan fingerprint density at radius 1 is 1.03 bits per heavy atom. The maximum atomic E-state index is 13.2. The number of benzene rings is 2. The van der Waals surface area contributed by atoms with Crippen LogP contribution in [0.4, 0.5) is 0 Å². The van der Waals surface area contributed by atoms with E-state index in [0.29, 0.717) is 17.1 Å². The van der Waals surface area contributed by atoms with Gasteiger partial charge in [0.15, 0.2) is 0 Å². The van der Waals surface area contributed by atoms with Crippen molar-refractivity contribution in [3.8, 4) is 17.2 Å². The Hall–Kier alpha value is -3.91. The van der Waals surface area contributed by atoms with Gasteiger partial charge in [0, 0.05) is 6.07 Å². The number of carbonyl (C=O) groups excluding carboxylic acids is 2. The normalized spacial score (nSPS) is 17.2. The van der Waals surface area contributed by atoms with E-state index in [1.54, 1.807) is 36.4 Å². The molecular formula is C25H22ClNO7. The van der Waals surface area contributed by atoms with E-state index in [9.17, 15) is 14.7 Å². The lowest BCUT2D eigenvalue weighted by atomic mass is 9.94. The molecule has 1 amide bonds. The number of aliphatic hydroxyl groups excluding tert-OH is 1. The highest BCUT2D eigenvalue weighted by Gasteiger charge is 2.46. The molecule has 2 heterocycles. The summed E-state index contributed by atoms with van der Waals surface area (Å²) < 4.78 is 21.4. The number of carbonyl (C=O) groups is 2. The fourth-order valence-electron chi connectivity index (χ4n) is 3.96. The smallest absolute Gasteiger partial charge is 0.296 e. The van der Waals surface area contributed by atoms with Gasteiger partial charge in [-0.25, -0.2) is 0 Å². The molecule has 1 aliphatic heterocycles. The third-order valence-corrected chi connectivity index (χ3v) is 5.88. The number of aliphatic hydroxyl groups is 1. The molecule has 2 aromatic carbocycles. The molecule has 1 N–H and O–H groups in total. The zero-order chi connectivity index (χ0) is 24.4. The van der Waals surface area contributed by atoms with Crippen molar-refractivity contribution < 1.29 is 33.3 Å². The van der Waals surface area contributed by atoms with Crippen LogP contribution >= 0.6 is 11.6 Å². The van der Waals surface area contributed by atoms with Gasteiger partial charge < -0.3 is 28.6 Å². The molecule has 0 radical (unpaired) electrons. The van der Waals surface area contributed by atoms with E-state index in [-0.39, 0.29) is 34.2 Å². The van der Waals surface area contributed by atoms with Crippen LogP contribution in [0.5, 0.6) is 17.2 Å². The number of hydrogen-bond acceptors (Lipinski definition) is 7. The number of hydrogen-bond donors (Lipinski definition) is 1. The molecule has 1 unspecified atom stereocenters. The average molecular weight is 484 g/mol. The van der Waals surface area contributed by atoms with Crippen molar-refractivity contribution in [3.05, 3.63) is 82.3 Å². The van der Waals surface area contributed by atoms with Crippen molar-refractivity contribution in [1.29, 1.82) is 0 Å². The molecule has 0 saturated carbocycles. The molecule has 1 fully saturated rings. The largest absolute Gasteiger partial charge is 0.507 e. The molecule has 4 rings (SSSR count). The van der Waals surface area contributed by atoms with Crippen LogP contribution in [0.15, 0.2) is 64.8 Å². The number of nitrogens with zero attached hydrogens (tertiary/aromatic N) is 1. The van der Waals surface area contributed by atoms with Crippen molar-refractivity contribution in [2.75, 3.05) is 21.3 Å². The summed E-state index contributed by atoms with van der Waals surface area (Å²) in [5.41, 5.74) is 0.631. The van der Waals surface area contributed by atoms with Crippen LogP contribution in [0, 0.1) is 0 Å². The Kier molecular flexibility index (Phi) is 6.51. The van der Waals surface area contributed by atoms with Crippen LogP contribution in [-0.2, 0) is 16.1 Å². The van der Waals surface area contributed by atoms with Gasteiger partial charge in [-0.05, 0) is 35.9 Å². The van der Waals surface area contributed by atoms with E-state index in [4.69, 9.17) is 30.2 Å². The zero-order valence-electron chi connectivity index (χ0n) is 18.7. The minimum absolute atomic E-state index is 0.0251. The van der Waals surface area contributed by atoms with E-state index >= 15 is 0 Å². The van der Waals surface area contributed by atoms with Crippen LogP contribution in [-0.4, -0.2) is 43.0 Å². The van der Waals surface area contributed by atoms with Crippen LogP contribution in [0.3, 0.4) is 0 Å². The van der Waals surface area contributed by atoms with Gasteiger partial charge in [-0.3, -0.25) is 9.59 Å². The lowest BCUT2D eigenvalue weighted by Crippen LogP contribution is -2.29. The Bertz CT molecular complexity index is 1270. The Morgan fingerprint density at radius 3 is 2.44 bits per heavy atom. The van der Waals surface area contributed by atoms with Crippen molar-refractivity contribution in [2.45, 2.75) is 12.6 Å². The van der Waals surface area contributed by atoms with Crippen molar-refractivity contribution in [2.24, 2.45) is 0 Å². The summed E-state index contributed by atoms with van der Waals surface area (Å²) in [7, 11) is 4.35. The third-order valence-electron chi connectivity index (χ3n) is 5.58. The topological polar surface area (TPSA) is 98.4 Å². The second-order valence-corrected chi connectivity index (χ2v) is 7.88. The summed E-state index contributed by atoms with van der Waals surface area (Å²) >= 11 is 6.20. The molecular weight excluding hydrogens is 462 g/mol. The number of furan rings is 1. The van der Waals surface area contributed by atoms with Crippen molar-refractivity contribution in [1.82, 2.24) is 4.90 Å². The maximum absolute atomic E-state index is 13.2. The number of likely N-dealkylation sites (tertiary alicyclic amines) is 1. The van der Waals surface area contributed by atoms with Crippen LogP contribution < -0.4 is 14.2 Å². The number of rotatable bonds is 7. The first-order valence-electron chi connectivity index (χ1n) is 10.3. The molecule has 0 bridgehead atoms. The standard InChI is InChI=1S/C25H22ClNO7/c1-31-15-7-4-6-14(10-15)22-21(24(29)25(30)27(22)13-16-8-5-9-34-16)23(28)17-11-20(33-3)18(26)12-19(17)32-2/h4-12,22,28H,13H2,1-3H3/b23-21+. The number of amides is 1. The summed E-state index contributed by atoms with van der Waals surface area (Å²) in [5.74, 6) is -0.525. The lowest BCUT2D eigenvalue weighted by molar-refractivity contribution is -0.140. The summed E-state index contributed by atoms with van der Waals surface area (Å²) in [6.45, 7) is 0.0251. The Labute approximate surface area is 200 Å². The van der Waals surface area contributed by atoms with Gasteiger partial charge in [-0.2, -0.15) is 0 Å². The summed E-state index contributed by atoms with van der Waals surface area (Å²) in [6.07, 6.45) is 1.48. The fraction of sp³-hybridized carbons (Fsp3) is 0.200. The molecule has 3 aromatic rings. The molecule has 8 nitrogen and oxygen atoms in total.